The van der Waals surface area contributed by atoms with Crippen molar-refractivity contribution in [1.82, 2.24) is 10.2 Å². The fourth-order valence-electron chi connectivity index (χ4n) is 3.70. The molecule has 2 rings (SSSR count). The Labute approximate surface area is 128 Å². The molecule has 1 saturated carbocycles. The molecule has 1 aliphatic carbocycles. The van der Waals surface area contributed by atoms with Gasteiger partial charge in [0.2, 0.25) is 0 Å². The number of carbonyl (C=O) groups is 1. The number of nitrogens with zero attached hydrogens (tertiary/aromatic N) is 1. The first kappa shape index (κ1) is 16.1. The van der Waals surface area contributed by atoms with Gasteiger partial charge in [-0.15, -0.1) is 0 Å². The van der Waals surface area contributed by atoms with E-state index >= 15 is 0 Å². The van der Waals surface area contributed by atoms with Crippen LogP contribution >= 0.6 is 0 Å². The smallest absolute Gasteiger partial charge is 0.318 e. The van der Waals surface area contributed by atoms with Gasteiger partial charge in [0.1, 0.15) is 5.84 Å². The topological polar surface area (TPSA) is 82.2 Å². The molecule has 0 radical (unpaired) electrons. The summed E-state index contributed by atoms with van der Waals surface area (Å²) >= 11 is 0. The molecular weight excluding hydrogens is 264 g/mol. The Bertz CT molecular complexity index is 388. The number of piperidine rings is 1. The van der Waals surface area contributed by atoms with Crippen LogP contribution in [0.5, 0.6) is 0 Å². The minimum atomic E-state index is -0.608. The number of nitrogens with one attached hydrogen (secondary N) is 2. The Balaban J connectivity index is 1.99. The second kappa shape index (κ2) is 6.67. The molecule has 21 heavy (non-hydrogen) atoms. The monoisotopic (exact) mass is 294 g/mol. The van der Waals surface area contributed by atoms with Crippen LogP contribution in [0.3, 0.4) is 0 Å². The molecule has 5 nitrogen and oxygen atoms in total. The molecule has 2 amide bonds. The third-order valence-electron chi connectivity index (χ3n) is 5.34. The van der Waals surface area contributed by atoms with Gasteiger partial charge in [-0.05, 0) is 50.4 Å². The minimum Gasteiger partial charge on any atom is -0.386 e. The van der Waals surface area contributed by atoms with Crippen LogP contribution in [0.4, 0.5) is 4.79 Å². The molecule has 1 saturated heterocycles. The second-order valence-corrected chi connectivity index (χ2v) is 6.97. The summed E-state index contributed by atoms with van der Waals surface area (Å²) in [4.78, 5) is 14.4. The number of urea groups is 1. The van der Waals surface area contributed by atoms with Gasteiger partial charge in [0.25, 0.3) is 0 Å². The molecule has 4 N–H and O–H groups in total. The summed E-state index contributed by atoms with van der Waals surface area (Å²) in [6.07, 6.45) is 7.14. The Hall–Kier alpha value is -1.26. The largest absolute Gasteiger partial charge is 0.386 e. The SMILES string of the molecule is CCC1CCC(NC(=O)N2CCCC(C)C2)(C(=N)N)CC1. The average Bonchev–Trinajstić information content (AvgIpc) is 2.47. The Morgan fingerprint density at radius 3 is 2.57 bits per heavy atom. The van der Waals surface area contributed by atoms with Crippen molar-refractivity contribution in [3.8, 4) is 0 Å². The van der Waals surface area contributed by atoms with Crippen LogP contribution in [0.2, 0.25) is 0 Å². The lowest BCUT2D eigenvalue weighted by Gasteiger charge is -2.42. The summed E-state index contributed by atoms with van der Waals surface area (Å²) in [5.41, 5.74) is 5.24. The Morgan fingerprint density at radius 1 is 1.38 bits per heavy atom. The number of nitrogens with two attached hydrogens (primary N) is 1. The highest BCUT2D eigenvalue weighted by Gasteiger charge is 2.40. The standard InChI is InChI=1S/C16H30N4O/c1-3-13-6-8-16(9-7-13,14(17)18)19-15(21)20-10-4-5-12(2)11-20/h12-13H,3-11H2,1-2H3,(H3,17,18)(H,19,21). The van der Waals surface area contributed by atoms with E-state index in [9.17, 15) is 4.79 Å². The second-order valence-electron chi connectivity index (χ2n) is 6.97. The van der Waals surface area contributed by atoms with Gasteiger partial charge in [0.05, 0.1) is 5.54 Å². The van der Waals surface area contributed by atoms with Crippen LogP contribution in [-0.2, 0) is 0 Å². The van der Waals surface area contributed by atoms with E-state index < -0.39 is 5.54 Å². The molecule has 0 aromatic carbocycles. The number of carbonyl (C=O) groups excluding carboxylic acids is 1. The van der Waals surface area contributed by atoms with Crippen LogP contribution in [0.25, 0.3) is 0 Å². The van der Waals surface area contributed by atoms with Gasteiger partial charge in [-0.3, -0.25) is 5.41 Å². The van der Waals surface area contributed by atoms with Crippen molar-refractivity contribution in [3.63, 3.8) is 0 Å². The van der Waals surface area contributed by atoms with Gasteiger partial charge in [-0.1, -0.05) is 20.3 Å². The zero-order valence-electron chi connectivity index (χ0n) is 13.5. The number of likely N-dealkylation sites (tertiary alicyclic amines) is 1. The maximum Gasteiger partial charge on any atom is 0.318 e. The van der Waals surface area contributed by atoms with Crippen LogP contribution in [0.1, 0.15) is 58.8 Å². The molecule has 2 fully saturated rings. The van der Waals surface area contributed by atoms with Crippen molar-refractivity contribution >= 4 is 11.9 Å². The predicted octanol–water partition coefficient (Wildman–Crippen LogP) is 2.70. The lowest BCUT2D eigenvalue weighted by molar-refractivity contribution is 0.154. The third kappa shape index (κ3) is 3.69. The molecule has 0 aromatic rings. The molecule has 2 aliphatic rings. The molecule has 0 bridgehead atoms. The maximum atomic E-state index is 12.5. The van der Waals surface area contributed by atoms with E-state index in [1.807, 2.05) is 4.90 Å². The van der Waals surface area contributed by atoms with E-state index in [2.05, 4.69) is 19.2 Å². The average molecular weight is 294 g/mol. The van der Waals surface area contributed by atoms with Gasteiger partial charge in [-0.25, -0.2) is 4.79 Å². The fourth-order valence-corrected chi connectivity index (χ4v) is 3.70. The summed E-state index contributed by atoms with van der Waals surface area (Å²) < 4.78 is 0. The van der Waals surface area contributed by atoms with E-state index in [4.69, 9.17) is 11.1 Å². The van der Waals surface area contributed by atoms with Crippen molar-refractivity contribution in [1.29, 1.82) is 5.41 Å². The Morgan fingerprint density at radius 2 is 2.05 bits per heavy atom. The first-order valence-corrected chi connectivity index (χ1v) is 8.38. The van der Waals surface area contributed by atoms with Gasteiger partial charge in [0.15, 0.2) is 0 Å². The third-order valence-corrected chi connectivity index (χ3v) is 5.34. The molecule has 120 valence electrons. The van der Waals surface area contributed by atoms with Gasteiger partial charge < -0.3 is 16.0 Å². The molecule has 1 heterocycles. The lowest BCUT2D eigenvalue weighted by Crippen LogP contribution is -2.62. The lowest BCUT2D eigenvalue weighted by atomic mass is 9.75. The van der Waals surface area contributed by atoms with Crippen molar-refractivity contribution in [2.75, 3.05) is 13.1 Å². The Kier molecular flexibility index (Phi) is 5.12. The highest BCUT2D eigenvalue weighted by atomic mass is 16.2. The molecule has 1 atom stereocenters. The summed E-state index contributed by atoms with van der Waals surface area (Å²) in [5.74, 6) is 1.40. The van der Waals surface area contributed by atoms with Crippen LogP contribution in [0, 0.1) is 17.2 Å². The van der Waals surface area contributed by atoms with E-state index in [-0.39, 0.29) is 11.9 Å². The predicted molar refractivity (Wildman–Crippen MR) is 85.4 cm³/mol. The number of hydrogen-bond acceptors (Lipinski definition) is 2. The van der Waals surface area contributed by atoms with Crippen molar-refractivity contribution in [3.05, 3.63) is 0 Å². The number of hydrogen-bond donors (Lipinski definition) is 3. The van der Waals surface area contributed by atoms with Crippen LogP contribution in [0.15, 0.2) is 0 Å². The molecule has 0 aromatic heterocycles. The van der Waals surface area contributed by atoms with Crippen LogP contribution < -0.4 is 11.1 Å². The molecule has 5 heteroatoms. The van der Waals surface area contributed by atoms with Gasteiger partial charge in [-0.2, -0.15) is 0 Å². The first-order chi connectivity index (χ1) is 9.97. The molecule has 1 unspecified atom stereocenters. The number of rotatable bonds is 3. The van der Waals surface area contributed by atoms with Crippen molar-refractivity contribution in [2.45, 2.75) is 64.3 Å². The summed E-state index contributed by atoms with van der Waals surface area (Å²) in [6, 6.07) is -0.0355. The van der Waals surface area contributed by atoms with Crippen molar-refractivity contribution < 1.29 is 4.79 Å². The normalized spacial score (nSPS) is 33.5. The first-order valence-electron chi connectivity index (χ1n) is 8.38. The van der Waals surface area contributed by atoms with Crippen molar-refractivity contribution in [2.24, 2.45) is 17.6 Å². The fraction of sp³-hybridized carbons (Fsp3) is 0.875. The number of amides is 2. The minimum absolute atomic E-state index is 0.0355. The molecular formula is C16H30N4O. The molecule has 0 spiro atoms. The summed E-state index contributed by atoms with van der Waals surface area (Å²) in [6.45, 7) is 6.03. The quantitative estimate of drug-likeness (QED) is 0.552. The van der Waals surface area contributed by atoms with E-state index in [0.29, 0.717) is 11.8 Å². The molecule has 1 aliphatic heterocycles. The summed E-state index contributed by atoms with van der Waals surface area (Å²) in [7, 11) is 0. The van der Waals surface area contributed by atoms with E-state index in [1.54, 1.807) is 0 Å². The zero-order chi connectivity index (χ0) is 15.5. The number of amidine groups is 1. The van der Waals surface area contributed by atoms with Gasteiger partial charge >= 0.3 is 6.03 Å². The van der Waals surface area contributed by atoms with E-state index in [1.165, 1.54) is 12.8 Å². The highest BCUT2D eigenvalue weighted by molar-refractivity contribution is 5.92. The maximum absolute atomic E-state index is 12.5. The van der Waals surface area contributed by atoms with Gasteiger partial charge in [0, 0.05) is 13.1 Å². The van der Waals surface area contributed by atoms with Crippen LogP contribution in [-0.4, -0.2) is 35.4 Å². The highest BCUT2D eigenvalue weighted by Crippen LogP contribution is 2.34. The van der Waals surface area contributed by atoms with E-state index in [0.717, 1.165) is 45.2 Å². The zero-order valence-corrected chi connectivity index (χ0v) is 13.5. The summed E-state index contributed by atoms with van der Waals surface area (Å²) in [5, 5.41) is 11.1.